The van der Waals surface area contributed by atoms with Crippen molar-refractivity contribution < 1.29 is 18.7 Å². The third kappa shape index (κ3) is 2.44. The molecule has 126 valence electrons. The van der Waals surface area contributed by atoms with Crippen molar-refractivity contribution in [2.75, 3.05) is 6.61 Å². The lowest BCUT2D eigenvalue weighted by molar-refractivity contribution is -0.243. The average Bonchev–Trinajstić information content (AvgIpc) is 3.10. The first-order chi connectivity index (χ1) is 11.6. The Balaban J connectivity index is 1.48. The highest BCUT2D eigenvalue weighted by Crippen LogP contribution is 2.53. The summed E-state index contributed by atoms with van der Waals surface area (Å²) in [6.45, 7) is 4.99. The van der Waals surface area contributed by atoms with Crippen molar-refractivity contribution in [3.05, 3.63) is 42.3 Å². The highest BCUT2D eigenvalue weighted by atomic mass is 16.6. The number of aromatic nitrogens is 1. The quantitative estimate of drug-likeness (QED) is 0.804. The van der Waals surface area contributed by atoms with E-state index in [1.807, 2.05) is 30.3 Å². The van der Waals surface area contributed by atoms with Crippen LogP contribution in [0.2, 0.25) is 0 Å². The van der Waals surface area contributed by atoms with Crippen molar-refractivity contribution in [2.45, 2.75) is 38.9 Å². The van der Waals surface area contributed by atoms with Crippen LogP contribution in [0.4, 0.5) is 0 Å². The minimum Gasteiger partial charge on any atom is -0.456 e. The number of carbonyl (C=O) groups excluding carboxylic acids is 1. The molecule has 4 rings (SSSR count). The smallest absolute Gasteiger partial charge is 0.360 e. The molecule has 2 aliphatic rings. The molecule has 0 N–H and O–H groups in total. The fraction of sp³-hybridized carbons (Fsp3) is 0.474. The van der Waals surface area contributed by atoms with Gasteiger partial charge in [-0.3, -0.25) is 0 Å². The maximum absolute atomic E-state index is 12.5. The summed E-state index contributed by atoms with van der Waals surface area (Å²) >= 11 is 0. The van der Waals surface area contributed by atoms with E-state index >= 15 is 0 Å². The van der Waals surface area contributed by atoms with Crippen LogP contribution >= 0.6 is 0 Å². The van der Waals surface area contributed by atoms with Crippen molar-refractivity contribution >= 4 is 5.97 Å². The molecular weight excluding hydrogens is 306 g/mol. The van der Waals surface area contributed by atoms with Gasteiger partial charge in [0, 0.05) is 23.5 Å². The highest BCUT2D eigenvalue weighted by Gasteiger charge is 2.60. The molecule has 1 saturated heterocycles. The van der Waals surface area contributed by atoms with Crippen molar-refractivity contribution in [2.24, 2.45) is 11.3 Å². The topological polar surface area (TPSA) is 61.6 Å². The van der Waals surface area contributed by atoms with Crippen LogP contribution < -0.4 is 0 Å². The molecule has 2 heterocycles. The van der Waals surface area contributed by atoms with E-state index in [4.69, 9.17) is 13.9 Å². The zero-order valence-corrected chi connectivity index (χ0v) is 13.9. The number of benzene rings is 1. The van der Waals surface area contributed by atoms with Gasteiger partial charge in [-0.2, -0.15) is 0 Å². The highest BCUT2D eigenvalue weighted by molar-refractivity contribution is 5.87. The maximum atomic E-state index is 12.5. The second-order valence-electron chi connectivity index (χ2n) is 7.15. The SMILES string of the molecule is CC1(C)C2OCCCC2C1OC(=O)c1coc(-c2ccccc2)n1. The Labute approximate surface area is 141 Å². The van der Waals surface area contributed by atoms with Crippen molar-refractivity contribution in [1.29, 1.82) is 0 Å². The fourth-order valence-corrected chi connectivity index (χ4v) is 3.97. The van der Waals surface area contributed by atoms with E-state index in [2.05, 4.69) is 18.8 Å². The molecule has 0 spiro atoms. The normalized spacial score (nSPS) is 27.8. The number of rotatable bonds is 3. The molecule has 0 radical (unpaired) electrons. The van der Waals surface area contributed by atoms with Gasteiger partial charge in [-0.25, -0.2) is 9.78 Å². The van der Waals surface area contributed by atoms with Crippen molar-refractivity contribution in [1.82, 2.24) is 4.98 Å². The molecule has 0 amide bonds. The van der Waals surface area contributed by atoms with E-state index in [-0.39, 0.29) is 29.2 Å². The van der Waals surface area contributed by atoms with Gasteiger partial charge in [-0.1, -0.05) is 32.0 Å². The Morgan fingerprint density at radius 2 is 2.08 bits per heavy atom. The lowest BCUT2D eigenvalue weighted by atomic mass is 9.57. The van der Waals surface area contributed by atoms with Crippen LogP contribution in [-0.4, -0.2) is 29.8 Å². The first-order valence-corrected chi connectivity index (χ1v) is 8.41. The Bertz CT molecular complexity index is 737. The molecule has 5 nitrogen and oxygen atoms in total. The Morgan fingerprint density at radius 1 is 1.29 bits per heavy atom. The molecule has 3 unspecified atom stereocenters. The number of carbonyl (C=O) groups is 1. The molecule has 24 heavy (non-hydrogen) atoms. The zero-order valence-electron chi connectivity index (χ0n) is 13.9. The van der Waals surface area contributed by atoms with Gasteiger partial charge in [0.25, 0.3) is 0 Å². The summed E-state index contributed by atoms with van der Waals surface area (Å²) in [5, 5.41) is 0. The van der Waals surface area contributed by atoms with Gasteiger partial charge in [0.1, 0.15) is 12.4 Å². The number of ether oxygens (including phenoxy) is 2. The molecule has 1 aliphatic heterocycles. The summed E-state index contributed by atoms with van der Waals surface area (Å²) in [6.07, 6.45) is 3.48. The summed E-state index contributed by atoms with van der Waals surface area (Å²) in [4.78, 5) is 16.7. The lowest BCUT2D eigenvalue weighted by Crippen LogP contribution is -2.65. The second kappa shape index (κ2) is 5.74. The summed E-state index contributed by atoms with van der Waals surface area (Å²) < 4.78 is 17.0. The predicted molar refractivity (Wildman–Crippen MR) is 87.4 cm³/mol. The van der Waals surface area contributed by atoms with Gasteiger partial charge in [-0.05, 0) is 25.0 Å². The van der Waals surface area contributed by atoms with Crippen LogP contribution in [0.25, 0.3) is 11.5 Å². The minimum atomic E-state index is -0.428. The first-order valence-electron chi connectivity index (χ1n) is 8.41. The summed E-state index contributed by atoms with van der Waals surface area (Å²) in [5.41, 5.74) is 0.887. The van der Waals surface area contributed by atoms with Gasteiger partial charge in [0.2, 0.25) is 5.89 Å². The number of hydrogen-bond donors (Lipinski definition) is 0. The standard InChI is InChI=1S/C19H21NO4/c1-19(2)15-13(9-6-10-22-15)16(19)24-18(21)14-11-23-17(20-14)12-7-4-3-5-8-12/h3-5,7-8,11,13,15-16H,6,9-10H2,1-2H3. The third-order valence-corrected chi connectivity index (χ3v) is 5.19. The Morgan fingerprint density at radius 3 is 2.88 bits per heavy atom. The van der Waals surface area contributed by atoms with Crippen LogP contribution in [-0.2, 0) is 9.47 Å². The first kappa shape index (κ1) is 15.4. The monoisotopic (exact) mass is 327 g/mol. The Kier molecular flexibility index (Phi) is 3.68. The molecule has 1 aromatic carbocycles. The average molecular weight is 327 g/mol. The van der Waals surface area contributed by atoms with Crippen LogP contribution in [0.5, 0.6) is 0 Å². The van der Waals surface area contributed by atoms with Gasteiger partial charge in [0.15, 0.2) is 5.69 Å². The van der Waals surface area contributed by atoms with Crippen molar-refractivity contribution in [3.8, 4) is 11.5 Å². The van der Waals surface area contributed by atoms with Crippen LogP contribution in [0.15, 0.2) is 41.0 Å². The minimum absolute atomic E-state index is 0.132. The molecule has 1 aliphatic carbocycles. The molecule has 0 bridgehead atoms. The van der Waals surface area contributed by atoms with Gasteiger partial charge in [0.05, 0.1) is 6.10 Å². The fourth-order valence-electron chi connectivity index (χ4n) is 3.97. The second-order valence-corrected chi connectivity index (χ2v) is 7.15. The number of fused-ring (bicyclic) bond motifs is 1. The number of nitrogens with zero attached hydrogens (tertiary/aromatic N) is 1. The molecule has 2 fully saturated rings. The predicted octanol–water partition coefficient (Wildman–Crippen LogP) is 3.70. The molecule has 5 heteroatoms. The van der Waals surface area contributed by atoms with E-state index in [9.17, 15) is 4.79 Å². The molecule has 2 aromatic rings. The zero-order chi connectivity index (χ0) is 16.7. The van der Waals surface area contributed by atoms with E-state index in [0.717, 1.165) is 25.0 Å². The number of hydrogen-bond acceptors (Lipinski definition) is 5. The number of esters is 1. The summed E-state index contributed by atoms with van der Waals surface area (Å²) in [6, 6.07) is 9.50. The lowest BCUT2D eigenvalue weighted by Gasteiger charge is -2.58. The largest absolute Gasteiger partial charge is 0.456 e. The molecule has 1 saturated carbocycles. The van der Waals surface area contributed by atoms with Crippen LogP contribution in [0.3, 0.4) is 0 Å². The van der Waals surface area contributed by atoms with E-state index < -0.39 is 5.97 Å². The van der Waals surface area contributed by atoms with E-state index in [1.54, 1.807) is 0 Å². The third-order valence-electron chi connectivity index (χ3n) is 5.19. The molecule has 3 atom stereocenters. The summed E-state index contributed by atoms with van der Waals surface area (Å²) in [7, 11) is 0. The van der Waals surface area contributed by atoms with E-state index in [1.165, 1.54) is 6.26 Å². The van der Waals surface area contributed by atoms with E-state index in [0.29, 0.717) is 5.89 Å². The van der Waals surface area contributed by atoms with Crippen LogP contribution in [0.1, 0.15) is 37.2 Å². The van der Waals surface area contributed by atoms with Crippen molar-refractivity contribution in [3.63, 3.8) is 0 Å². The molecular formula is C19H21NO4. The van der Waals surface area contributed by atoms with Gasteiger partial charge in [-0.15, -0.1) is 0 Å². The molecule has 1 aromatic heterocycles. The summed E-state index contributed by atoms with van der Waals surface area (Å²) in [5.74, 6) is 0.288. The Hall–Kier alpha value is -2.14. The maximum Gasteiger partial charge on any atom is 0.360 e. The van der Waals surface area contributed by atoms with Crippen LogP contribution in [0, 0.1) is 11.3 Å². The van der Waals surface area contributed by atoms with Gasteiger partial charge >= 0.3 is 5.97 Å². The van der Waals surface area contributed by atoms with Gasteiger partial charge < -0.3 is 13.9 Å². The number of oxazole rings is 1.